The van der Waals surface area contributed by atoms with Gasteiger partial charge in [-0.25, -0.2) is 15.0 Å². The molecule has 6 aromatic carbocycles. The summed E-state index contributed by atoms with van der Waals surface area (Å²) in [5.74, 6) is 1.80. The Bertz CT molecular complexity index is 2580. The summed E-state index contributed by atoms with van der Waals surface area (Å²) in [6.07, 6.45) is 5.28. The molecule has 3 heterocycles. The number of nitrogens with zero attached hydrogens (tertiary/aromatic N) is 6. The maximum atomic E-state index is 5.10. The van der Waals surface area contributed by atoms with Crippen LogP contribution in [0, 0.1) is 0 Å². The van der Waals surface area contributed by atoms with Gasteiger partial charge in [-0.05, 0) is 64.2 Å². The molecule has 0 amide bonds. The van der Waals surface area contributed by atoms with E-state index in [1.807, 2.05) is 79.0 Å². The van der Waals surface area contributed by atoms with Gasteiger partial charge in [0.2, 0.25) is 0 Å². The normalized spacial score (nSPS) is 11.2. The second kappa shape index (κ2) is 12.6. The maximum absolute atomic E-state index is 5.10. The van der Waals surface area contributed by atoms with Crippen LogP contribution in [0.5, 0.6) is 0 Å². The van der Waals surface area contributed by atoms with Crippen LogP contribution < -0.4 is 0 Å². The minimum atomic E-state index is 0.579. The van der Waals surface area contributed by atoms with E-state index in [1.54, 1.807) is 12.4 Å². The van der Waals surface area contributed by atoms with Crippen molar-refractivity contribution in [3.05, 3.63) is 170 Å². The molecule has 0 aliphatic rings. The Labute approximate surface area is 288 Å². The first-order valence-electron chi connectivity index (χ1n) is 16.4. The zero-order chi connectivity index (χ0) is 33.3. The maximum Gasteiger partial charge on any atom is 0.164 e. The average Bonchev–Trinajstić information content (AvgIpc) is 3.21. The quantitative estimate of drug-likeness (QED) is 0.168. The number of fused-ring (bicyclic) bond motifs is 3. The summed E-state index contributed by atoms with van der Waals surface area (Å²) in [4.78, 5) is 29.4. The molecule has 0 aliphatic carbocycles. The number of rotatable bonds is 6. The molecule has 0 N–H and O–H groups in total. The standard InChI is InChI=1S/C44H28N6/c1-4-13-29(14-5-1)35-19-10-11-20-36(35)32-25-33(38-28-39-41(47-24-23-45-39)37-21-12-22-46-40(37)38)27-34(26-32)44-49-42(30-15-6-2-7-16-30)48-43(50-44)31-17-8-3-9-18-31/h1-28H. The lowest BCUT2D eigenvalue weighted by molar-refractivity contribution is 1.07. The molecule has 0 aliphatic heterocycles. The molecule has 6 heteroatoms. The van der Waals surface area contributed by atoms with Crippen molar-refractivity contribution < 1.29 is 0 Å². The van der Waals surface area contributed by atoms with Gasteiger partial charge < -0.3 is 0 Å². The zero-order valence-electron chi connectivity index (χ0n) is 26.8. The highest BCUT2D eigenvalue weighted by Crippen LogP contribution is 2.40. The molecule has 0 atom stereocenters. The lowest BCUT2D eigenvalue weighted by Crippen LogP contribution is -2.01. The summed E-state index contributed by atoms with van der Waals surface area (Å²) in [6, 6.07) is 51.7. The van der Waals surface area contributed by atoms with Gasteiger partial charge in [0.25, 0.3) is 0 Å². The van der Waals surface area contributed by atoms with Gasteiger partial charge in [-0.2, -0.15) is 0 Å². The first kappa shape index (κ1) is 29.2. The first-order chi connectivity index (χ1) is 24.8. The molecule has 9 rings (SSSR count). The van der Waals surface area contributed by atoms with E-state index < -0.39 is 0 Å². The summed E-state index contributed by atoms with van der Waals surface area (Å²) >= 11 is 0. The molecule has 50 heavy (non-hydrogen) atoms. The highest BCUT2D eigenvalue weighted by atomic mass is 15.0. The Morgan fingerprint density at radius 1 is 0.300 bits per heavy atom. The number of pyridine rings is 1. The summed E-state index contributed by atoms with van der Waals surface area (Å²) < 4.78 is 0. The molecule has 234 valence electrons. The monoisotopic (exact) mass is 640 g/mol. The zero-order valence-corrected chi connectivity index (χ0v) is 26.8. The minimum Gasteiger partial charge on any atom is -0.256 e. The third kappa shape index (κ3) is 5.45. The van der Waals surface area contributed by atoms with E-state index in [4.69, 9.17) is 24.9 Å². The van der Waals surface area contributed by atoms with Gasteiger partial charge >= 0.3 is 0 Å². The molecule has 0 saturated heterocycles. The predicted octanol–water partition coefficient (Wildman–Crippen LogP) is 10.4. The van der Waals surface area contributed by atoms with Crippen molar-refractivity contribution in [2.24, 2.45) is 0 Å². The third-order valence-corrected chi connectivity index (χ3v) is 8.85. The highest BCUT2D eigenvalue weighted by molar-refractivity contribution is 6.09. The Morgan fingerprint density at radius 2 is 0.780 bits per heavy atom. The van der Waals surface area contributed by atoms with Gasteiger partial charge in [-0.15, -0.1) is 0 Å². The number of aromatic nitrogens is 6. The van der Waals surface area contributed by atoms with Crippen LogP contribution in [-0.2, 0) is 0 Å². The minimum absolute atomic E-state index is 0.579. The van der Waals surface area contributed by atoms with Gasteiger partial charge in [0, 0.05) is 46.2 Å². The topological polar surface area (TPSA) is 77.3 Å². The summed E-state index contributed by atoms with van der Waals surface area (Å²) in [5.41, 5.74) is 11.5. The van der Waals surface area contributed by atoms with Crippen LogP contribution in [0.2, 0.25) is 0 Å². The second-order valence-corrected chi connectivity index (χ2v) is 12.0. The van der Waals surface area contributed by atoms with E-state index in [2.05, 4.69) is 83.8 Å². The van der Waals surface area contributed by atoms with Gasteiger partial charge in [0.15, 0.2) is 17.5 Å². The van der Waals surface area contributed by atoms with Crippen molar-refractivity contribution in [1.29, 1.82) is 0 Å². The highest BCUT2D eigenvalue weighted by Gasteiger charge is 2.18. The van der Waals surface area contributed by atoms with Crippen LogP contribution >= 0.6 is 0 Å². The third-order valence-electron chi connectivity index (χ3n) is 8.85. The van der Waals surface area contributed by atoms with Crippen molar-refractivity contribution in [3.63, 3.8) is 0 Å². The molecule has 0 bridgehead atoms. The van der Waals surface area contributed by atoms with Crippen LogP contribution in [-0.4, -0.2) is 29.9 Å². The largest absolute Gasteiger partial charge is 0.256 e. The summed E-state index contributed by atoms with van der Waals surface area (Å²) in [5, 5.41) is 0.947. The summed E-state index contributed by atoms with van der Waals surface area (Å²) in [6.45, 7) is 0. The molecule has 3 aromatic heterocycles. The molecule has 0 spiro atoms. The van der Waals surface area contributed by atoms with E-state index in [1.165, 1.54) is 0 Å². The molecule has 6 nitrogen and oxygen atoms in total. The van der Waals surface area contributed by atoms with Crippen molar-refractivity contribution in [1.82, 2.24) is 29.9 Å². The van der Waals surface area contributed by atoms with Crippen LogP contribution in [0.4, 0.5) is 0 Å². The number of hydrogen-bond acceptors (Lipinski definition) is 6. The van der Waals surface area contributed by atoms with Crippen LogP contribution in [0.1, 0.15) is 0 Å². The SMILES string of the molecule is c1ccc(-c2nc(-c3ccccc3)nc(-c3cc(-c4ccccc4-c4ccccc4)cc(-c4cc5nccnc5c5cccnc45)c3)n2)cc1. The van der Waals surface area contributed by atoms with Crippen LogP contribution in [0.25, 0.3) is 89.5 Å². The van der Waals surface area contributed by atoms with E-state index in [0.29, 0.717) is 17.5 Å². The van der Waals surface area contributed by atoms with Crippen molar-refractivity contribution in [3.8, 4) is 67.5 Å². The summed E-state index contributed by atoms with van der Waals surface area (Å²) in [7, 11) is 0. The fraction of sp³-hybridized carbons (Fsp3) is 0. The fourth-order valence-corrected chi connectivity index (χ4v) is 6.51. The van der Waals surface area contributed by atoms with Crippen molar-refractivity contribution >= 4 is 21.9 Å². The Morgan fingerprint density at radius 3 is 1.42 bits per heavy atom. The first-order valence-corrected chi connectivity index (χ1v) is 16.4. The van der Waals surface area contributed by atoms with Crippen LogP contribution in [0.3, 0.4) is 0 Å². The predicted molar refractivity (Wildman–Crippen MR) is 201 cm³/mol. The van der Waals surface area contributed by atoms with Gasteiger partial charge in [-0.3, -0.25) is 15.0 Å². The molecule has 0 fully saturated rings. The number of benzene rings is 6. The number of hydrogen-bond donors (Lipinski definition) is 0. The lowest BCUT2D eigenvalue weighted by Gasteiger charge is -2.16. The molecule has 0 unspecified atom stereocenters. The second-order valence-electron chi connectivity index (χ2n) is 12.0. The molecule has 0 saturated carbocycles. The Balaban J connectivity index is 1.34. The smallest absolute Gasteiger partial charge is 0.164 e. The molecule has 0 radical (unpaired) electrons. The van der Waals surface area contributed by atoms with Gasteiger partial charge in [0.05, 0.1) is 16.6 Å². The van der Waals surface area contributed by atoms with Gasteiger partial charge in [0.1, 0.15) is 0 Å². The Kier molecular flexibility index (Phi) is 7.37. The Hall–Kier alpha value is -6.92. The van der Waals surface area contributed by atoms with E-state index >= 15 is 0 Å². The average molecular weight is 641 g/mol. The van der Waals surface area contributed by atoms with E-state index in [0.717, 1.165) is 72.0 Å². The van der Waals surface area contributed by atoms with Gasteiger partial charge in [-0.1, -0.05) is 115 Å². The van der Waals surface area contributed by atoms with E-state index in [-0.39, 0.29) is 0 Å². The van der Waals surface area contributed by atoms with Crippen molar-refractivity contribution in [2.45, 2.75) is 0 Å². The van der Waals surface area contributed by atoms with Crippen LogP contribution in [0.15, 0.2) is 170 Å². The fourth-order valence-electron chi connectivity index (χ4n) is 6.51. The molecular weight excluding hydrogens is 613 g/mol. The van der Waals surface area contributed by atoms with Crippen molar-refractivity contribution in [2.75, 3.05) is 0 Å². The van der Waals surface area contributed by atoms with E-state index in [9.17, 15) is 0 Å². The molecular formula is C44H28N6. The molecule has 9 aromatic rings. The lowest BCUT2D eigenvalue weighted by atomic mass is 9.90.